The van der Waals surface area contributed by atoms with Crippen molar-refractivity contribution >= 4 is 5.91 Å². The minimum absolute atomic E-state index is 0.0228. The molecule has 4 atom stereocenters. The smallest absolute Gasteiger partial charge is 0.390 e. The molecule has 1 aromatic carbocycles. The number of carbonyl (C=O) groups is 1. The summed E-state index contributed by atoms with van der Waals surface area (Å²) < 4.78 is 37.8. The summed E-state index contributed by atoms with van der Waals surface area (Å²) in [6.45, 7) is 0. The lowest BCUT2D eigenvalue weighted by molar-refractivity contribution is -0.137. The van der Waals surface area contributed by atoms with Gasteiger partial charge in [-0.05, 0) is 36.2 Å². The summed E-state index contributed by atoms with van der Waals surface area (Å²) in [6.07, 6.45) is -2.15. The number of carbonyl (C=O) groups excluding carboxylic acids is 1. The summed E-state index contributed by atoms with van der Waals surface area (Å²) in [6, 6.07) is 2.95. The summed E-state index contributed by atoms with van der Waals surface area (Å²) in [5.41, 5.74) is -0.194. The quantitative estimate of drug-likeness (QED) is 0.764. The van der Waals surface area contributed by atoms with Crippen LogP contribution in [0.3, 0.4) is 0 Å². The van der Waals surface area contributed by atoms with E-state index in [0.29, 0.717) is 5.56 Å². The van der Waals surface area contributed by atoms with Crippen LogP contribution < -0.4 is 5.32 Å². The molecule has 0 spiro atoms. The average Bonchev–Trinajstić information content (AvgIpc) is 2.90. The molecule has 26 heavy (non-hydrogen) atoms. The van der Waals surface area contributed by atoms with Crippen LogP contribution in [0.15, 0.2) is 43.0 Å². The fourth-order valence-corrected chi connectivity index (χ4v) is 3.10. The van der Waals surface area contributed by atoms with Crippen LogP contribution in [0.4, 0.5) is 13.2 Å². The Hall–Kier alpha value is -2.52. The number of nitrogens with one attached hydrogen (secondary N) is 1. The maximum atomic E-state index is 12.6. The van der Waals surface area contributed by atoms with Gasteiger partial charge in [0.1, 0.15) is 12.4 Å². The first kappa shape index (κ1) is 18.3. The third kappa shape index (κ3) is 3.68. The number of nitrogens with zero attached hydrogens (tertiary/aromatic N) is 2. The van der Waals surface area contributed by atoms with Crippen LogP contribution in [0.5, 0.6) is 0 Å². The van der Waals surface area contributed by atoms with Crippen LogP contribution in [0.2, 0.25) is 0 Å². The highest BCUT2D eigenvalue weighted by molar-refractivity contribution is 5.94. The van der Waals surface area contributed by atoms with Gasteiger partial charge in [-0.15, -0.1) is 0 Å². The Balaban J connectivity index is 1.78. The lowest BCUT2D eigenvalue weighted by Gasteiger charge is -2.23. The van der Waals surface area contributed by atoms with Gasteiger partial charge in [0.25, 0.3) is 5.91 Å². The van der Waals surface area contributed by atoms with Gasteiger partial charge in [0.15, 0.2) is 0 Å². The molecule has 0 bridgehead atoms. The van der Waals surface area contributed by atoms with E-state index in [1.165, 1.54) is 18.7 Å². The zero-order valence-electron chi connectivity index (χ0n) is 13.4. The van der Waals surface area contributed by atoms with E-state index < -0.39 is 41.8 Å². The minimum atomic E-state index is -4.49. The molecule has 0 saturated heterocycles. The zero-order chi connectivity index (χ0) is 18.9. The molecule has 1 aliphatic carbocycles. The highest BCUT2D eigenvalue weighted by atomic mass is 19.4. The molecule has 3 N–H and O–H groups in total. The monoisotopic (exact) mass is 367 g/mol. The number of benzene rings is 1. The second kappa shape index (κ2) is 7.00. The van der Waals surface area contributed by atoms with Gasteiger partial charge < -0.3 is 15.5 Å². The van der Waals surface area contributed by atoms with E-state index in [-0.39, 0.29) is 12.0 Å². The van der Waals surface area contributed by atoms with E-state index in [9.17, 15) is 28.2 Å². The van der Waals surface area contributed by atoms with Crippen molar-refractivity contribution in [2.24, 2.45) is 0 Å². The summed E-state index contributed by atoms with van der Waals surface area (Å²) in [5.74, 6) is -1.06. The standard InChI is InChI=1S/C17H16F3N3O3/c18-17(19,20)11-3-1-9(2-4-11)16(26)23-14-12(5-13(24)15(14)25)10-6-21-8-22-7-10/h1-4,6-8,12-15,24-25H,5H2,(H,23,26)/t12-,13-,14-,15-/m1/s1. The molecule has 1 fully saturated rings. The van der Waals surface area contributed by atoms with Crippen molar-refractivity contribution < 1.29 is 28.2 Å². The molecule has 2 aromatic rings. The highest BCUT2D eigenvalue weighted by Gasteiger charge is 2.43. The van der Waals surface area contributed by atoms with E-state index in [4.69, 9.17) is 0 Å². The molecule has 0 unspecified atom stereocenters. The maximum Gasteiger partial charge on any atom is 0.416 e. The van der Waals surface area contributed by atoms with Crippen molar-refractivity contribution in [3.8, 4) is 0 Å². The Kier molecular flexibility index (Phi) is 4.92. The van der Waals surface area contributed by atoms with Crippen molar-refractivity contribution in [1.29, 1.82) is 0 Å². The van der Waals surface area contributed by atoms with Crippen molar-refractivity contribution in [2.75, 3.05) is 0 Å². The largest absolute Gasteiger partial charge is 0.416 e. The van der Waals surface area contributed by atoms with E-state index in [1.54, 1.807) is 0 Å². The number of hydrogen-bond acceptors (Lipinski definition) is 5. The molecular formula is C17H16F3N3O3. The SMILES string of the molecule is O=C(N[C@H]1[C@H](O)[C@H](O)C[C@@H]1c1cncnc1)c1ccc(C(F)(F)F)cc1. The molecule has 1 saturated carbocycles. The molecule has 1 amide bonds. The summed E-state index contributed by atoms with van der Waals surface area (Å²) >= 11 is 0. The van der Waals surface area contributed by atoms with Gasteiger partial charge in [0, 0.05) is 23.9 Å². The van der Waals surface area contributed by atoms with Crippen LogP contribution >= 0.6 is 0 Å². The Morgan fingerprint density at radius 1 is 1.12 bits per heavy atom. The van der Waals surface area contributed by atoms with Crippen molar-refractivity contribution in [2.45, 2.75) is 36.8 Å². The number of halogens is 3. The minimum Gasteiger partial charge on any atom is -0.390 e. The van der Waals surface area contributed by atoms with Crippen molar-refractivity contribution in [3.05, 3.63) is 59.7 Å². The molecule has 1 aliphatic rings. The maximum absolute atomic E-state index is 12.6. The predicted octanol–water partition coefficient (Wildman–Crippen LogP) is 1.50. The molecule has 6 nitrogen and oxygen atoms in total. The lowest BCUT2D eigenvalue weighted by atomic mass is 9.95. The van der Waals surface area contributed by atoms with Gasteiger partial charge in [-0.25, -0.2) is 9.97 Å². The second-order valence-corrected chi connectivity index (χ2v) is 6.15. The molecule has 0 radical (unpaired) electrons. The number of aliphatic hydroxyl groups excluding tert-OH is 2. The Bertz CT molecular complexity index is 768. The van der Waals surface area contributed by atoms with Crippen LogP contribution in [-0.2, 0) is 6.18 Å². The number of hydrogen-bond donors (Lipinski definition) is 3. The third-order valence-corrected chi connectivity index (χ3v) is 4.47. The first-order valence-electron chi connectivity index (χ1n) is 7.86. The summed E-state index contributed by atoms with van der Waals surface area (Å²) in [4.78, 5) is 20.2. The van der Waals surface area contributed by atoms with Crippen LogP contribution in [-0.4, -0.2) is 44.3 Å². The zero-order valence-corrected chi connectivity index (χ0v) is 13.4. The topological polar surface area (TPSA) is 95.3 Å². The van der Waals surface area contributed by atoms with Gasteiger partial charge in [0.05, 0.1) is 17.7 Å². The Labute approximate surface area is 146 Å². The number of aliphatic hydroxyl groups is 2. The Morgan fingerprint density at radius 3 is 2.31 bits per heavy atom. The van der Waals surface area contributed by atoms with Crippen molar-refractivity contribution in [1.82, 2.24) is 15.3 Å². The fraction of sp³-hybridized carbons (Fsp3) is 0.353. The van der Waals surface area contributed by atoms with E-state index in [0.717, 1.165) is 24.3 Å². The molecule has 1 heterocycles. The van der Waals surface area contributed by atoms with Gasteiger partial charge in [0.2, 0.25) is 0 Å². The van der Waals surface area contributed by atoms with Crippen LogP contribution in [0.25, 0.3) is 0 Å². The van der Waals surface area contributed by atoms with Gasteiger partial charge in [-0.1, -0.05) is 0 Å². The fourth-order valence-electron chi connectivity index (χ4n) is 3.10. The molecule has 0 aliphatic heterocycles. The van der Waals surface area contributed by atoms with Gasteiger partial charge >= 0.3 is 6.18 Å². The summed E-state index contributed by atoms with van der Waals surface area (Å²) in [5, 5.41) is 22.7. The first-order valence-corrected chi connectivity index (χ1v) is 7.86. The number of rotatable bonds is 3. The molecule has 138 valence electrons. The van der Waals surface area contributed by atoms with E-state index >= 15 is 0 Å². The van der Waals surface area contributed by atoms with E-state index in [2.05, 4.69) is 15.3 Å². The van der Waals surface area contributed by atoms with Gasteiger partial charge in [-0.3, -0.25) is 4.79 Å². The van der Waals surface area contributed by atoms with E-state index in [1.807, 2.05) is 0 Å². The lowest BCUT2D eigenvalue weighted by Crippen LogP contribution is -2.45. The highest BCUT2D eigenvalue weighted by Crippen LogP contribution is 2.35. The van der Waals surface area contributed by atoms with Crippen LogP contribution in [0.1, 0.15) is 33.8 Å². The number of aromatic nitrogens is 2. The molecule has 1 aromatic heterocycles. The third-order valence-electron chi connectivity index (χ3n) is 4.47. The van der Waals surface area contributed by atoms with Crippen LogP contribution in [0, 0.1) is 0 Å². The average molecular weight is 367 g/mol. The normalized spacial score (nSPS) is 25.9. The molecular weight excluding hydrogens is 351 g/mol. The molecule has 3 rings (SSSR count). The first-order chi connectivity index (χ1) is 12.3. The summed E-state index contributed by atoms with van der Waals surface area (Å²) in [7, 11) is 0. The Morgan fingerprint density at radius 2 is 1.73 bits per heavy atom. The van der Waals surface area contributed by atoms with Crippen molar-refractivity contribution in [3.63, 3.8) is 0 Å². The van der Waals surface area contributed by atoms with Gasteiger partial charge in [-0.2, -0.15) is 13.2 Å². The number of amides is 1. The second-order valence-electron chi connectivity index (χ2n) is 6.15. The predicted molar refractivity (Wildman–Crippen MR) is 84.1 cm³/mol. The molecule has 9 heteroatoms. The number of alkyl halides is 3.